The summed E-state index contributed by atoms with van der Waals surface area (Å²) in [4.78, 5) is 13.6. The zero-order chi connectivity index (χ0) is 13.0. The van der Waals surface area contributed by atoms with Crippen LogP contribution in [0.25, 0.3) is 10.9 Å². The van der Waals surface area contributed by atoms with Crippen LogP contribution >= 0.6 is 0 Å². The summed E-state index contributed by atoms with van der Waals surface area (Å²) in [6.07, 6.45) is 1.90. The van der Waals surface area contributed by atoms with E-state index < -0.39 is 0 Å². The van der Waals surface area contributed by atoms with Crippen molar-refractivity contribution >= 4 is 16.8 Å². The number of hydrogen-bond acceptors (Lipinski definition) is 3. The Kier molecular flexibility index (Phi) is 3.94. The van der Waals surface area contributed by atoms with Gasteiger partial charge in [0.2, 0.25) is 5.91 Å². The van der Waals surface area contributed by atoms with Gasteiger partial charge in [0.1, 0.15) is 6.54 Å². The Morgan fingerprint density at radius 1 is 1.44 bits per heavy atom. The number of nitrogens with one attached hydrogen (secondary N) is 1. The number of nitrogens with zero attached hydrogens (tertiary/aromatic N) is 3. The van der Waals surface area contributed by atoms with Gasteiger partial charge in [0.05, 0.1) is 5.52 Å². The van der Waals surface area contributed by atoms with Crippen molar-refractivity contribution in [1.29, 1.82) is 0 Å². The van der Waals surface area contributed by atoms with E-state index in [1.165, 1.54) is 0 Å². The highest BCUT2D eigenvalue weighted by Gasteiger charge is 2.10. The van der Waals surface area contributed by atoms with E-state index in [0.717, 1.165) is 17.4 Å². The van der Waals surface area contributed by atoms with Crippen LogP contribution < -0.4 is 5.32 Å². The highest BCUT2D eigenvalue weighted by Crippen LogP contribution is 2.10. The number of amides is 1. The summed E-state index contributed by atoms with van der Waals surface area (Å²) in [5.41, 5.74) is 0.920. The van der Waals surface area contributed by atoms with Crippen LogP contribution in [-0.4, -0.2) is 47.8 Å². The Morgan fingerprint density at radius 2 is 2.22 bits per heavy atom. The smallest absolute Gasteiger partial charge is 0.244 e. The van der Waals surface area contributed by atoms with Gasteiger partial charge in [-0.3, -0.25) is 9.48 Å². The van der Waals surface area contributed by atoms with Crippen LogP contribution in [0.5, 0.6) is 0 Å². The maximum Gasteiger partial charge on any atom is 0.244 e. The fourth-order valence-electron chi connectivity index (χ4n) is 1.76. The summed E-state index contributed by atoms with van der Waals surface area (Å²) in [5, 5.41) is 8.45. The number of carbonyl (C=O) groups is 1. The van der Waals surface area contributed by atoms with Gasteiger partial charge in [-0.25, -0.2) is 0 Å². The molecule has 2 rings (SSSR count). The van der Waals surface area contributed by atoms with Gasteiger partial charge in [0, 0.05) is 31.7 Å². The predicted molar refractivity (Wildman–Crippen MR) is 71.3 cm³/mol. The molecule has 1 amide bonds. The second kappa shape index (κ2) is 5.64. The lowest BCUT2D eigenvalue weighted by Crippen LogP contribution is -2.35. The van der Waals surface area contributed by atoms with Gasteiger partial charge in [-0.05, 0) is 13.1 Å². The summed E-state index contributed by atoms with van der Waals surface area (Å²) >= 11 is 0. The van der Waals surface area contributed by atoms with E-state index in [-0.39, 0.29) is 12.5 Å². The molecule has 2 aromatic rings. The fourth-order valence-corrected chi connectivity index (χ4v) is 1.76. The molecule has 0 aliphatic heterocycles. The lowest BCUT2D eigenvalue weighted by molar-refractivity contribution is -0.130. The monoisotopic (exact) mass is 246 g/mol. The summed E-state index contributed by atoms with van der Waals surface area (Å²) in [5.74, 6) is 0.0676. The third-order valence-corrected chi connectivity index (χ3v) is 2.88. The molecule has 0 saturated heterocycles. The second-order valence-electron chi connectivity index (χ2n) is 4.30. The molecule has 1 aromatic heterocycles. The summed E-state index contributed by atoms with van der Waals surface area (Å²) in [6.45, 7) is 1.79. The van der Waals surface area contributed by atoms with Crippen LogP contribution in [-0.2, 0) is 11.3 Å². The third-order valence-electron chi connectivity index (χ3n) is 2.88. The first-order valence-corrected chi connectivity index (χ1v) is 6.01. The Labute approximate surface area is 106 Å². The van der Waals surface area contributed by atoms with Gasteiger partial charge < -0.3 is 10.2 Å². The van der Waals surface area contributed by atoms with Crippen LogP contribution in [0.3, 0.4) is 0 Å². The average molecular weight is 246 g/mol. The molecule has 0 spiro atoms. The Balaban J connectivity index is 2.02. The molecule has 1 aromatic carbocycles. The topological polar surface area (TPSA) is 50.2 Å². The molecule has 0 saturated carbocycles. The van der Waals surface area contributed by atoms with Crippen LogP contribution in [0, 0.1) is 0 Å². The largest absolute Gasteiger partial charge is 0.343 e. The van der Waals surface area contributed by atoms with Crippen molar-refractivity contribution < 1.29 is 4.79 Å². The Morgan fingerprint density at radius 3 is 2.94 bits per heavy atom. The van der Waals surface area contributed by atoms with E-state index >= 15 is 0 Å². The van der Waals surface area contributed by atoms with Crippen LogP contribution in [0.2, 0.25) is 0 Å². The third kappa shape index (κ3) is 2.87. The maximum atomic E-state index is 11.9. The van der Waals surface area contributed by atoms with Crippen molar-refractivity contribution in [2.75, 3.05) is 27.2 Å². The normalized spacial score (nSPS) is 10.8. The number of benzene rings is 1. The molecule has 96 valence electrons. The van der Waals surface area contributed by atoms with Gasteiger partial charge in [0.15, 0.2) is 0 Å². The second-order valence-corrected chi connectivity index (χ2v) is 4.30. The average Bonchev–Trinajstić information content (AvgIpc) is 2.77. The minimum atomic E-state index is 0.0676. The Bertz CT molecular complexity index is 502. The molecule has 0 atom stereocenters. The molecule has 0 radical (unpaired) electrons. The SMILES string of the molecule is CNCCN(C)C(=O)Cn1cc2ccccc2n1. The number of rotatable bonds is 5. The van der Waals surface area contributed by atoms with E-state index in [0.29, 0.717) is 6.54 Å². The molecule has 0 unspecified atom stereocenters. The summed E-state index contributed by atoms with van der Waals surface area (Å²) < 4.78 is 1.70. The molecule has 18 heavy (non-hydrogen) atoms. The predicted octanol–water partition coefficient (Wildman–Crippen LogP) is 0.714. The van der Waals surface area contributed by atoms with E-state index in [1.807, 2.05) is 44.6 Å². The van der Waals surface area contributed by atoms with Crippen molar-refractivity contribution in [3.05, 3.63) is 30.5 Å². The number of fused-ring (bicyclic) bond motifs is 1. The molecule has 5 nitrogen and oxygen atoms in total. The van der Waals surface area contributed by atoms with Crippen molar-refractivity contribution in [2.24, 2.45) is 0 Å². The van der Waals surface area contributed by atoms with Crippen molar-refractivity contribution in [3.8, 4) is 0 Å². The highest BCUT2D eigenvalue weighted by atomic mass is 16.2. The molecular weight excluding hydrogens is 228 g/mol. The van der Waals surface area contributed by atoms with Crippen molar-refractivity contribution in [3.63, 3.8) is 0 Å². The number of hydrogen-bond donors (Lipinski definition) is 1. The Hall–Kier alpha value is -1.88. The van der Waals surface area contributed by atoms with E-state index in [9.17, 15) is 4.79 Å². The first kappa shape index (κ1) is 12.6. The molecular formula is C13H18N4O. The van der Waals surface area contributed by atoms with Crippen molar-refractivity contribution in [1.82, 2.24) is 20.0 Å². The minimum absolute atomic E-state index is 0.0676. The van der Waals surface area contributed by atoms with Crippen LogP contribution in [0.4, 0.5) is 0 Å². The standard InChI is InChI=1S/C13H18N4O/c1-14-7-8-16(2)13(18)10-17-9-11-5-3-4-6-12(11)15-17/h3-6,9,14H,7-8,10H2,1-2H3. The van der Waals surface area contributed by atoms with Crippen molar-refractivity contribution in [2.45, 2.75) is 6.54 Å². The molecule has 0 aliphatic rings. The van der Waals surface area contributed by atoms with E-state index in [1.54, 1.807) is 9.58 Å². The van der Waals surface area contributed by atoms with Gasteiger partial charge in [-0.1, -0.05) is 18.2 Å². The number of likely N-dealkylation sites (N-methyl/N-ethyl adjacent to an activating group) is 2. The minimum Gasteiger partial charge on any atom is -0.343 e. The quantitative estimate of drug-likeness (QED) is 0.845. The van der Waals surface area contributed by atoms with Crippen LogP contribution in [0.15, 0.2) is 30.5 Å². The zero-order valence-corrected chi connectivity index (χ0v) is 10.8. The van der Waals surface area contributed by atoms with Gasteiger partial charge in [-0.2, -0.15) is 5.10 Å². The first-order valence-electron chi connectivity index (χ1n) is 6.01. The first-order chi connectivity index (χ1) is 8.70. The maximum absolute atomic E-state index is 11.9. The molecule has 0 fully saturated rings. The lowest BCUT2D eigenvalue weighted by atomic mass is 10.3. The van der Waals surface area contributed by atoms with Gasteiger partial charge in [0.25, 0.3) is 0 Å². The van der Waals surface area contributed by atoms with E-state index in [2.05, 4.69) is 10.4 Å². The summed E-state index contributed by atoms with van der Waals surface area (Å²) in [7, 11) is 3.68. The molecule has 0 bridgehead atoms. The van der Waals surface area contributed by atoms with Crippen LogP contribution in [0.1, 0.15) is 0 Å². The zero-order valence-electron chi connectivity index (χ0n) is 10.8. The van der Waals surface area contributed by atoms with Gasteiger partial charge >= 0.3 is 0 Å². The molecule has 0 aliphatic carbocycles. The van der Waals surface area contributed by atoms with Gasteiger partial charge in [-0.15, -0.1) is 0 Å². The number of aromatic nitrogens is 2. The summed E-state index contributed by atoms with van der Waals surface area (Å²) in [6, 6.07) is 7.85. The lowest BCUT2D eigenvalue weighted by Gasteiger charge is -2.16. The molecule has 1 heterocycles. The molecule has 1 N–H and O–H groups in total. The fraction of sp³-hybridized carbons (Fsp3) is 0.385. The van der Waals surface area contributed by atoms with E-state index in [4.69, 9.17) is 0 Å². The molecule has 5 heteroatoms. The highest BCUT2D eigenvalue weighted by molar-refractivity contribution is 5.79. The number of carbonyl (C=O) groups excluding carboxylic acids is 1.